The number of hydrogen-bond donors (Lipinski definition) is 0. The van der Waals surface area contributed by atoms with E-state index >= 15 is 0 Å². The molecule has 0 heterocycles. The second-order valence-corrected chi connectivity index (χ2v) is 5.52. The van der Waals surface area contributed by atoms with Crippen molar-refractivity contribution in [1.82, 2.24) is 0 Å². The number of ether oxygens (including phenoxy) is 2. The van der Waals surface area contributed by atoms with Crippen LogP contribution >= 0.6 is 0 Å². The number of ketones is 1. The maximum atomic E-state index is 12.5. The van der Waals surface area contributed by atoms with E-state index in [4.69, 9.17) is 9.47 Å². The number of hydrogen-bond acceptors (Lipinski definition) is 5. The van der Waals surface area contributed by atoms with Crippen molar-refractivity contribution < 1.29 is 23.9 Å². The van der Waals surface area contributed by atoms with Crippen molar-refractivity contribution in [2.75, 3.05) is 13.2 Å². The summed E-state index contributed by atoms with van der Waals surface area (Å²) in [5, 5.41) is 0. The summed E-state index contributed by atoms with van der Waals surface area (Å²) in [6, 6.07) is 5.59. The van der Waals surface area contributed by atoms with E-state index in [0.717, 1.165) is 19.3 Å². The van der Waals surface area contributed by atoms with Crippen LogP contribution < -0.4 is 0 Å². The zero-order chi connectivity index (χ0) is 16.8. The average Bonchev–Trinajstić information content (AvgIpc) is 3.00. The van der Waals surface area contributed by atoms with Gasteiger partial charge in [-0.15, -0.1) is 0 Å². The van der Waals surface area contributed by atoms with E-state index in [9.17, 15) is 14.4 Å². The quantitative estimate of drug-likeness (QED) is 0.439. The number of carbonyl (C=O) groups is 3. The summed E-state index contributed by atoms with van der Waals surface area (Å²) in [5.74, 6) is -2.86. The first-order valence-corrected chi connectivity index (χ1v) is 8.05. The molecule has 0 N–H and O–H groups in total. The number of fused-ring (bicyclic) bond motifs is 1. The molecule has 1 aliphatic carbocycles. The van der Waals surface area contributed by atoms with Crippen LogP contribution in [-0.2, 0) is 31.9 Å². The normalized spacial score (nSPS) is 12.8. The van der Waals surface area contributed by atoms with Crippen molar-refractivity contribution in [3.63, 3.8) is 0 Å². The molecule has 5 nitrogen and oxygen atoms in total. The van der Waals surface area contributed by atoms with Gasteiger partial charge in [-0.25, -0.2) is 0 Å². The minimum atomic E-state index is -1.20. The predicted octanol–water partition coefficient (Wildman–Crippen LogP) is 2.49. The predicted molar refractivity (Wildman–Crippen MR) is 84.2 cm³/mol. The zero-order valence-electron chi connectivity index (χ0n) is 13.6. The monoisotopic (exact) mass is 318 g/mol. The lowest BCUT2D eigenvalue weighted by atomic mass is 9.96. The third kappa shape index (κ3) is 4.18. The molecule has 0 bridgehead atoms. The van der Waals surface area contributed by atoms with Gasteiger partial charge in [0.05, 0.1) is 13.2 Å². The van der Waals surface area contributed by atoms with Crippen molar-refractivity contribution in [1.29, 1.82) is 0 Å². The first-order valence-electron chi connectivity index (χ1n) is 8.05. The van der Waals surface area contributed by atoms with Crippen LogP contribution in [0.4, 0.5) is 0 Å². The van der Waals surface area contributed by atoms with Crippen molar-refractivity contribution >= 4 is 17.7 Å². The Hall–Kier alpha value is -2.17. The molecule has 0 aliphatic heterocycles. The zero-order valence-corrected chi connectivity index (χ0v) is 13.6. The highest BCUT2D eigenvalue weighted by Gasteiger charge is 2.32. The van der Waals surface area contributed by atoms with Gasteiger partial charge in [0.15, 0.2) is 11.7 Å². The number of aryl methyl sites for hydroxylation is 2. The maximum Gasteiger partial charge on any atom is 0.320 e. The lowest BCUT2D eigenvalue weighted by Crippen LogP contribution is -2.30. The Morgan fingerprint density at radius 1 is 1.00 bits per heavy atom. The Balaban J connectivity index is 2.13. The number of carbonyl (C=O) groups excluding carboxylic acids is 3. The molecular formula is C18H22O5. The van der Waals surface area contributed by atoms with Gasteiger partial charge in [-0.1, -0.05) is 12.1 Å². The molecule has 124 valence electrons. The highest BCUT2D eigenvalue weighted by atomic mass is 16.6. The molecule has 0 aromatic heterocycles. The average molecular weight is 318 g/mol. The number of rotatable bonds is 7. The molecule has 0 atom stereocenters. The summed E-state index contributed by atoms with van der Waals surface area (Å²) in [7, 11) is 0. The fourth-order valence-corrected chi connectivity index (χ4v) is 2.80. The standard InChI is InChI=1S/C18H22O5/c1-3-22-17(20)15(18(21)23-4-2)11-16(19)14-9-8-12-6-5-7-13(12)10-14/h8-10,15H,3-7,11H2,1-2H3. The molecule has 2 rings (SSSR count). The number of benzene rings is 1. The van der Waals surface area contributed by atoms with Gasteiger partial charge in [0, 0.05) is 12.0 Å². The lowest BCUT2D eigenvalue weighted by Gasteiger charge is -2.14. The van der Waals surface area contributed by atoms with E-state index in [1.54, 1.807) is 19.9 Å². The van der Waals surface area contributed by atoms with Gasteiger partial charge >= 0.3 is 11.9 Å². The molecule has 0 radical (unpaired) electrons. The lowest BCUT2D eigenvalue weighted by molar-refractivity contribution is -0.161. The van der Waals surface area contributed by atoms with Crippen LogP contribution in [0.1, 0.15) is 48.2 Å². The van der Waals surface area contributed by atoms with Crippen LogP contribution in [0.15, 0.2) is 18.2 Å². The summed E-state index contributed by atoms with van der Waals surface area (Å²) >= 11 is 0. The van der Waals surface area contributed by atoms with E-state index < -0.39 is 17.9 Å². The number of esters is 2. The number of Topliss-reactive ketones (excluding diaryl/α,β-unsaturated/α-hetero) is 1. The largest absolute Gasteiger partial charge is 0.465 e. The smallest absolute Gasteiger partial charge is 0.320 e. The van der Waals surface area contributed by atoms with Crippen molar-refractivity contribution in [2.24, 2.45) is 5.92 Å². The van der Waals surface area contributed by atoms with Gasteiger partial charge < -0.3 is 9.47 Å². The molecule has 1 aromatic carbocycles. The topological polar surface area (TPSA) is 69.7 Å². The summed E-state index contributed by atoms with van der Waals surface area (Å²) in [5.41, 5.74) is 2.98. The van der Waals surface area contributed by atoms with Crippen LogP contribution in [0.25, 0.3) is 0 Å². The highest BCUT2D eigenvalue weighted by molar-refractivity contribution is 6.04. The molecule has 1 aromatic rings. The summed E-state index contributed by atoms with van der Waals surface area (Å²) in [4.78, 5) is 36.3. The molecule has 23 heavy (non-hydrogen) atoms. The van der Waals surface area contributed by atoms with E-state index in [1.165, 1.54) is 11.1 Å². The van der Waals surface area contributed by atoms with Crippen LogP contribution in [0.2, 0.25) is 0 Å². The summed E-state index contributed by atoms with van der Waals surface area (Å²) in [6.45, 7) is 3.62. The van der Waals surface area contributed by atoms with E-state index in [0.29, 0.717) is 5.56 Å². The molecule has 0 saturated heterocycles. The molecule has 5 heteroatoms. The summed E-state index contributed by atoms with van der Waals surface area (Å²) < 4.78 is 9.78. The molecule has 1 aliphatic rings. The van der Waals surface area contributed by atoms with E-state index in [1.807, 2.05) is 12.1 Å². The highest BCUT2D eigenvalue weighted by Crippen LogP contribution is 2.24. The van der Waals surface area contributed by atoms with Gasteiger partial charge in [-0.3, -0.25) is 14.4 Å². The maximum absolute atomic E-state index is 12.5. The van der Waals surface area contributed by atoms with Crippen LogP contribution in [-0.4, -0.2) is 30.9 Å². The first kappa shape index (κ1) is 17.2. The van der Waals surface area contributed by atoms with Crippen molar-refractivity contribution in [3.05, 3.63) is 34.9 Å². The van der Waals surface area contributed by atoms with Crippen molar-refractivity contribution in [2.45, 2.75) is 39.5 Å². The SMILES string of the molecule is CCOC(=O)C(CC(=O)c1ccc2c(c1)CCC2)C(=O)OCC. The Kier molecular flexibility index (Phi) is 5.90. The second-order valence-electron chi connectivity index (χ2n) is 5.52. The van der Waals surface area contributed by atoms with Gasteiger partial charge in [0.25, 0.3) is 0 Å². The summed E-state index contributed by atoms with van der Waals surface area (Å²) in [6.07, 6.45) is 2.88. The Morgan fingerprint density at radius 3 is 2.22 bits per heavy atom. The molecular weight excluding hydrogens is 296 g/mol. The third-order valence-electron chi connectivity index (χ3n) is 3.95. The Bertz CT molecular complexity index is 587. The minimum Gasteiger partial charge on any atom is -0.465 e. The molecule has 0 amide bonds. The third-order valence-corrected chi connectivity index (χ3v) is 3.95. The Morgan fingerprint density at radius 2 is 1.61 bits per heavy atom. The second kappa shape index (κ2) is 7.90. The van der Waals surface area contributed by atoms with Crippen LogP contribution in [0, 0.1) is 5.92 Å². The van der Waals surface area contributed by atoms with Gasteiger partial charge in [0.1, 0.15) is 0 Å². The molecule has 0 fully saturated rings. The van der Waals surface area contributed by atoms with Crippen LogP contribution in [0.5, 0.6) is 0 Å². The molecule has 0 saturated carbocycles. The van der Waals surface area contributed by atoms with Gasteiger partial charge in [-0.2, -0.15) is 0 Å². The molecule has 0 unspecified atom stereocenters. The van der Waals surface area contributed by atoms with E-state index in [-0.39, 0.29) is 25.4 Å². The minimum absolute atomic E-state index is 0.155. The fourth-order valence-electron chi connectivity index (χ4n) is 2.80. The van der Waals surface area contributed by atoms with Gasteiger partial charge in [0.2, 0.25) is 0 Å². The molecule has 0 spiro atoms. The van der Waals surface area contributed by atoms with Crippen LogP contribution in [0.3, 0.4) is 0 Å². The first-order chi connectivity index (χ1) is 11.1. The fraction of sp³-hybridized carbons (Fsp3) is 0.500. The van der Waals surface area contributed by atoms with Gasteiger partial charge in [-0.05, 0) is 50.3 Å². The Labute approximate surface area is 136 Å². The van der Waals surface area contributed by atoms with Crippen molar-refractivity contribution in [3.8, 4) is 0 Å². The van der Waals surface area contributed by atoms with E-state index in [2.05, 4.69) is 0 Å².